The summed E-state index contributed by atoms with van der Waals surface area (Å²) in [6.45, 7) is 6.26. The second-order valence-electron chi connectivity index (χ2n) is 8.57. The van der Waals surface area contributed by atoms with Crippen LogP contribution in [0.1, 0.15) is 66.6 Å². The Balaban J connectivity index is 1.51. The van der Waals surface area contributed by atoms with E-state index in [4.69, 9.17) is 9.47 Å². The Morgan fingerprint density at radius 3 is 2.84 bits per heavy atom. The van der Waals surface area contributed by atoms with E-state index in [1.807, 2.05) is 13.1 Å². The van der Waals surface area contributed by atoms with E-state index >= 15 is 0 Å². The number of methoxy groups -OCH3 is 1. The first-order valence-corrected chi connectivity index (χ1v) is 11.3. The molecular formula is C23H32N6O3. The summed E-state index contributed by atoms with van der Waals surface area (Å²) in [5, 5.41) is 2.63. The maximum Gasteiger partial charge on any atom is 0.319 e. The van der Waals surface area contributed by atoms with Crippen LogP contribution in [0.2, 0.25) is 0 Å². The number of ether oxygens (including phenoxy) is 2. The maximum atomic E-state index is 12.3. The van der Waals surface area contributed by atoms with Crippen LogP contribution >= 0.6 is 0 Å². The number of aliphatic imine (C=N–C) groups is 1. The molecule has 0 spiro atoms. The predicted molar refractivity (Wildman–Crippen MR) is 124 cm³/mol. The minimum atomic E-state index is -0.263. The quantitative estimate of drug-likeness (QED) is 0.685. The predicted octanol–water partition coefficient (Wildman–Crippen LogP) is 3.17. The van der Waals surface area contributed by atoms with Gasteiger partial charge in [0.15, 0.2) is 0 Å². The molecular weight excluding hydrogens is 408 g/mol. The zero-order chi connectivity index (χ0) is 22.7. The molecule has 4 heterocycles. The van der Waals surface area contributed by atoms with Crippen LogP contribution in [-0.4, -0.2) is 67.0 Å². The standard InChI is InChI=1S/C23H32N6O3/c1-14-5-8-25-21-20(14)17(12-26-21)16-6-9-29(10-7-16)19-11-18(22(30)24-3)27-23(28-19)32-15(2)13-31-4/h8,11-12,14-16,26H,5-7,9-10,13H2,1-4H3,(H,24,30)/t14?,15-/m1/s1. The number of nitrogens with zero attached hydrogens (tertiary/aromatic N) is 4. The van der Waals surface area contributed by atoms with Crippen molar-refractivity contribution in [1.82, 2.24) is 20.3 Å². The highest BCUT2D eigenvalue weighted by Crippen LogP contribution is 2.41. The summed E-state index contributed by atoms with van der Waals surface area (Å²) in [6.07, 6.45) is 6.93. The fraction of sp³-hybridized carbons (Fsp3) is 0.565. The minimum absolute atomic E-state index is 0.194. The highest BCUT2D eigenvalue weighted by molar-refractivity contribution is 5.92. The van der Waals surface area contributed by atoms with Crippen molar-refractivity contribution in [3.63, 3.8) is 0 Å². The largest absolute Gasteiger partial charge is 0.458 e. The Bertz CT molecular complexity index is 980. The van der Waals surface area contributed by atoms with Gasteiger partial charge in [0, 0.05) is 51.3 Å². The first kappa shape index (κ1) is 22.3. The van der Waals surface area contributed by atoms with Crippen LogP contribution in [0.25, 0.3) is 0 Å². The van der Waals surface area contributed by atoms with Gasteiger partial charge in [-0.25, -0.2) is 4.99 Å². The van der Waals surface area contributed by atoms with Crippen LogP contribution in [0.15, 0.2) is 17.3 Å². The Hall–Kier alpha value is -2.94. The third-order valence-corrected chi connectivity index (χ3v) is 6.22. The second kappa shape index (κ2) is 9.68. The Morgan fingerprint density at radius 1 is 1.34 bits per heavy atom. The van der Waals surface area contributed by atoms with Crippen molar-refractivity contribution >= 4 is 23.8 Å². The number of amides is 1. The number of hydrogen-bond acceptors (Lipinski definition) is 7. The third kappa shape index (κ3) is 4.62. The van der Waals surface area contributed by atoms with Crippen molar-refractivity contribution < 1.29 is 14.3 Å². The number of aromatic nitrogens is 3. The summed E-state index contributed by atoms with van der Waals surface area (Å²) in [7, 11) is 3.21. The van der Waals surface area contributed by atoms with Gasteiger partial charge < -0.3 is 24.7 Å². The highest BCUT2D eigenvalue weighted by Gasteiger charge is 2.29. The van der Waals surface area contributed by atoms with E-state index < -0.39 is 0 Å². The third-order valence-electron chi connectivity index (χ3n) is 6.22. The molecule has 2 aromatic rings. The lowest BCUT2D eigenvalue weighted by atomic mass is 9.84. The van der Waals surface area contributed by atoms with E-state index in [1.54, 1.807) is 20.2 Å². The molecule has 1 amide bonds. The molecule has 2 aromatic heterocycles. The number of carbonyl (C=O) groups is 1. The van der Waals surface area contributed by atoms with E-state index in [9.17, 15) is 4.79 Å². The number of H-pyrrole nitrogens is 1. The Morgan fingerprint density at radius 2 is 2.12 bits per heavy atom. The number of piperidine rings is 1. The summed E-state index contributed by atoms with van der Waals surface area (Å²) >= 11 is 0. The molecule has 0 saturated carbocycles. The SMILES string of the molecule is CNC(=O)c1cc(N2CCC(c3c[nH]c4c3C(C)CC=N4)CC2)nc(O[C@H](C)COC)n1. The summed E-state index contributed by atoms with van der Waals surface area (Å²) in [5.74, 6) is 2.44. The molecule has 2 atom stereocenters. The van der Waals surface area contributed by atoms with Crippen LogP contribution in [0, 0.1) is 0 Å². The van der Waals surface area contributed by atoms with E-state index in [0.29, 0.717) is 30.0 Å². The lowest BCUT2D eigenvalue weighted by Crippen LogP contribution is -2.34. The van der Waals surface area contributed by atoms with Crippen LogP contribution in [0.5, 0.6) is 6.01 Å². The number of anilines is 1. The number of hydrogen-bond donors (Lipinski definition) is 2. The number of fused-ring (bicyclic) bond motifs is 1. The second-order valence-corrected chi connectivity index (χ2v) is 8.57. The first-order chi connectivity index (χ1) is 15.5. The van der Waals surface area contributed by atoms with E-state index in [-0.39, 0.29) is 18.0 Å². The molecule has 172 valence electrons. The molecule has 9 nitrogen and oxygen atoms in total. The lowest BCUT2D eigenvalue weighted by Gasteiger charge is -2.33. The smallest absolute Gasteiger partial charge is 0.319 e. The molecule has 2 aliphatic rings. The first-order valence-electron chi connectivity index (χ1n) is 11.3. The molecule has 1 fully saturated rings. The Labute approximate surface area is 188 Å². The van der Waals surface area contributed by atoms with Gasteiger partial charge in [-0.1, -0.05) is 6.92 Å². The van der Waals surface area contributed by atoms with Gasteiger partial charge in [0.25, 0.3) is 5.91 Å². The molecule has 1 saturated heterocycles. The number of aromatic amines is 1. The summed E-state index contributed by atoms with van der Waals surface area (Å²) in [6, 6.07) is 1.93. The van der Waals surface area contributed by atoms with Crippen molar-refractivity contribution in [3.8, 4) is 6.01 Å². The monoisotopic (exact) mass is 440 g/mol. The summed E-state index contributed by atoms with van der Waals surface area (Å²) in [4.78, 5) is 31.3. The normalized spacial score (nSPS) is 19.5. The van der Waals surface area contributed by atoms with Crippen LogP contribution in [0.3, 0.4) is 0 Å². The molecule has 0 aliphatic carbocycles. The van der Waals surface area contributed by atoms with Gasteiger partial charge in [0.2, 0.25) is 0 Å². The lowest BCUT2D eigenvalue weighted by molar-refractivity contribution is 0.0844. The van der Waals surface area contributed by atoms with Crippen LogP contribution in [-0.2, 0) is 4.74 Å². The summed E-state index contributed by atoms with van der Waals surface area (Å²) < 4.78 is 10.9. The average molecular weight is 441 g/mol. The van der Waals surface area contributed by atoms with Crippen LogP contribution in [0.4, 0.5) is 11.6 Å². The highest BCUT2D eigenvalue weighted by atomic mass is 16.5. The van der Waals surface area contributed by atoms with Gasteiger partial charge in [-0.2, -0.15) is 9.97 Å². The average Bonchev–Trinajstić information content (AvgIpc) is 3.24. The number of nitrogens with one attached hydrogen (secondary N) is 2. The van der Waals surface area contributed by atoms with Crippen molar-refractivity contribution in [3.05, 3.63) is 29.1 Å². The molecule has 2 N–H and O–H groups in total. The molecule has 2 aliphatic heterocycles. The fourth-order valence-electron chi connectivity index (χ4n) is 4.56. The zero-order valence-corrected chi connectivity index (χ0v) is 19.2. The van der Waals surface area contributed by atoms with Gasteiger partial charge in [-0.3, -0.25) is 4.79 Å². The van der Waals surface area contributed by atoms with Crippen LogP contribution < -0.4 is 15.0 Å². The molecule has 4 rings (SSSR count). The van der Waals surface area contributed by atoms with Gasteiger partial charge in [-0.15, -0.1) is 0 Å². The molecule has 0 bridgehead atoms. The molecule has 1 unspecified atom stereocenters. The van der Waals surface area contributed by atoms with Crippen molar-refractivity contribution in [2.45, 2.75) is 51.0 Å². The van der Waals surface area contributed by atoms with Gasteiger partial charge in [-0.05, 0) is 43.6 Å². The van der Waals surface area contributed by atoms with Gasteiger partial charge in [0.05, 0.1) is 6.61 Å². The summed E-state index contributed by atoms with van der Waals surface area (Å²) in [5.41, 5.74) is 3.07. The van der Waals surface area contributed by atoms with E-state index in [0.717, 1.165) is 38.2 Å². The van der Waals surface area contributed by atoms with Crippen molar-refractivity contribution in [2.75, 3.05) is 38.8 Å². The van der Waals surface area contributed by atoms with Crippen molar-refractivity contribution in [1.29, 1.82) is 0 Å². The minimum Gasteiger partial charge on any atom is -0.458 e. The fourth-order valence-corrected chi connectivity index (χ4v) is 4.56. The van der Waals surface area contributed by atoms with E-state index in [2.05, 4.69) is 43.3 Å². The molecule has 9 heteroatoms. The number of carbonyl (C=O) groups excluding carboxylic acids is 1. The maximum absolute atomic E-state index is 12.3. The van der Waals surface area contributed by atoms with Gasteiger partial charge >= 0.3 is 6.01 Å². The Kier molecular flexibility index (Phi) is 6.74. The topological polar surface area (TPSA) is 105 Å². The molecule has 0 radical (unpaired) electrons. The molecule has 0 aromatic carbocycles. The number of rotatable bonds is 7. The van der Waals surface area contributed by atoms with Crippen molar-refractivity contribution in [2.24, 2.45) is 4.99 Å². The van der Waals surface area contributed by atoms with E-state index in [1.165, 1.54) is 11.1 Å². The zero-order valence-electron chi connectivity index (χ0n) is 19.2. The van der Waals surface area contributed by atoms with Gasteiger partial charge in [0.1, 0.15) is 23.4 Å². The molecule has 32 heavy (non-hydrogen) atoms.